The van der Waals surface area contributed by atoms with Crippen LogP contribution in [0.2, 0.25) is 0 Å². The summed E-state index contributed by atoms with van der Waals surface area (Å²) in [5.41, 5.74) is 11.9. The van der Waals surface area contributed by atoms with Crippen LogP contribution in [0.15, 0.2) is 109 Å². The fourth-order valence-corrected chi connectivity index (χ4v) is 9.02. The van der Waals surface area contributed by atoms with Gasteiger partial charge in [0.15, 0.2) is 10.8 Å². The Morgan fingerprint density at radius 1 is 0.659 bits per heavy atom. The van der Waals surface area contributed by atoms with E-state index in [1.165, 1.54) is 11.3 Å². The van der Waals surface area contributed by atoms with Crippen molar-refractivity contribution in [2.24, 2.45) is 5.73 Å². The summed E-state index contributed by atoms with van der Waals surface area (Å²) in [4.78, 5) is 91.0. The number of aromatic carboxylic acids is 1. The van der Waals surface area contributed by atoms with Crippen LogP contribution in [0, 0.1) is 0 Å². The number of esters is 2. The molecule has 0 unspecified atom stereocenters. The number of carboxylic acid groups (broad SMARTS) is 1. The second kappa shape index (κ2) is 44.4. The van der Waals surface area contributed by atoms with Gasteiger partial charge >= 0.3 is 48.2 Å². The van der Waals surface area contributed by atoms with Crippen LogP contribution in [0.5, 0.6) is 0 Å². The minimum absolute atomic E-state index is 0. The second-order valence-electron chi connectivity index (χ2n) is 14.3. The van der Waals surface area contributed by atoms with Crippen LogP contribution >= 0.6 is 177 Å². The van der Waals surface area contributed by atoms with E-state index in [1.807, 2.05) is 48.1 Å². The maximum absolute atomic E-state index is 11.6. The van der Waals surface area contributed by atoms with Crippen molar-refractivity contribution in [2.75, 3.05) is 23.9 Å². The summed E-state index contributed by atoms with van der Waals surface area (Å²) in [6, 6.07) is 9.80. The standard InChI is InChI=1S/C13H10BrN3O2S.C11H6BrN3O2S.C9H6Br2N2O.C7H5BrN2.C4H7NO2S.C2H2Br2O.4CH4.Al.3ClH.Li.H2O/c1-2-19-13(18)12-17-10(6-20-12)9-5-16-11-8(9)3-7(14)4-15-11;12-5-1-6-7(3-14-9(6)13-2-5)8-4-18-10(15-8)11(16)17;10-2-8(14)7-4-13-9-6(7)1-5(11)3-12-9;8-6-3-5-1-2-9-7(5)10-4-6;1-2-7-4(6)3(5)8;3-1-2(4)5;;;;;;;;;;/h3-6H,2H2,1H3,(H,15,16);1-4H,(H,13,14)(H,16,17);1,3-4H,2H2,(H,12,13);1-4H,(H,9,10);2H2,1H3,(H2,5,8);1H2;4*1H4;;3*1H;;1H2/q;;;;;;;;;;+3;;;;+1;/p-4. The number of carboxylic acids is 1. The third kappa shape index (κ3) is 28.1. The normalized spacial score (nSPS) is 9.41. The molecular weight excluding hydrogens is 1690 g/mol. The number of Topliss-reactive ketones (excluding diaryl/α,β-unsaturated/α-hetero) is 1. The van der Waals surface area contributed by atoms with Crippen molar-refractivity contribution in [1.29, 1.82) is 0 Å². The number of hydrogen-bond donors (Lipinski definition) is 6. The van der Waals surface area contributed by atoms with Gasteiger partial charge in [0, 0.05) is 116 Å². The van der Waals surface area contributed by atoms with Crippen LogP contribution in [0.25, 0.3) is 66.6 Å². The van der Waals surface area contributed by atoms with Gasteiger partial charge in [-0.05, 0) is 124 Å². The van der Waals surface area contributed by atoms with Gasteiger partial charge < -0.3 is 45.7 Å². The van der Waals surface area contributed by atoms with Crippen LogP contribution in [-0.4, -0.2) is 129 Å². The fraction of sp³-hybridized carbons (Fsp3) is 0.200. The number of nitrogens with one attached hydrogen (secondary N) is 4. The van der Waals surface area contributed by atoms with E-state index >= 15 is 0 Å². The Morgan fingerprint density at radius 2 is 1.06 bits per heavy atom. The number of fused-ring (bicyclic) bond motifs is 4. The Hall–Kier alpha value is -3.02. The van der Waals surface area contributed by atoms with Gasteiger partial charge in [-0.15, -0.1) is 22.7 Å². The monoisotopic (exact) mass is 1740 g/mol. The molecule has 0 atom stereocenters. The SMILES string of the molecule is Brc1cnc2[nH]ccc2c1.C.C.C.C.CCOC(=O)C(N)=S.CCOC(=O)c1nc(-c2c[nH]c3ncc(Br)cc23)cs1.O=C(Br)CBr.O=C(CBr)c1c[nH]c2ncc(Br)cc12.O=C(O)c1nc(-c2c[nH]c3ncc(Br)cc23)cs1.[Cl][Al]([Cl])[Cl].[Li+].[OH-]. The van der Waals surface area contributed by atoms with Crippen LogP contribution in [0.4, 0.5) is 0 Å². The zero-order chi connectivity index (χ0) is 58.3. The smallest absolute Gasteiger partial charge is 0.870 e. The van der Waals surface area contributed by atoms with Crippen LogP contribution < -0.4 is 24.6 Å². The van der Waals surface area contributed by atoms with E-state index in [4.69, 9.17) is 45.7 Å². The molecule has 85 heavy (non-hydrogen) atoms. The number of thiocarbonyl (C=S) groups is 1. The molecule has 0 aliphatic rings. The molecule has 0 radical (unpaired) electrons. The number of ketones is 1. The predicted octanol–water partition coefficient (Wildman–Crippen LogP) is 14.2. The number of pyridine rings is 4. The molecular formula is C50H53AlBr7Cl3LiN11O9S3. The Morgan fingerprint density at radius 3 is 1.46 bits per heavy atom. The maximum Gasteiger partial charge on any atom is 1.00 e. The molecule has 10 aromatic rings. The van der Waals surface area contributed by atoms with E-state index in [2.05, 4.69) is 178 Å². The molecule has 10 aromatic heterocycles. The molecule has 0 bridgehead atoms. The van der Waals surface area contributed by atoms with E-state index in [-0.39, 0.29) is 80.5 Å². The third-order valence-corrected chi connectivity index (χ3v) is 14.7. The molecule has 0 aliphatic carbocycles. The molecule has 0 spiro atoms. The summed E-state index contributed by atoms with van der Waals surface area (Å²) in [6.07, 6.45) is 14.1. The average molecular weight is 1750 g/mol. The van der Waals surface area contributed by atoms with Crippen molar-refractivity contribution in [1.82, 2.24) is 49.8 Å². The number of alkyl halides is 2. The fourth-order valence-electron chi connectivity index (χ4n) is 5.96. The zero-order valence-electron chi connectivity index (χ0n) is 41.6. The van der Waals surface area contributed by atoms with Gasteiger partial charge in [-0.1, -0.05) is 73.8 Å². The van der Waals surface area contributed by atoms with Crippen molar-refractivity contribution in [3.63, 3.8) is 0 Å². The first-order chi connectivity index (χ1) is 37.6. The molecule has 0 aliphatic heterocycles. The van der Waals surface area contributed by atoms with Gasteiger partial charge in [0.2, 0.25) is 14.7 Å². The summed E-state index contributed by atoms with van der Waals surface area (Å²) in [5.74, 6) is -1.95. The topological polar surface area (TPSA) is 321 Å². The van der Waals surface area contributed by atoms with Crippen molar-refractivity contribution in [3.8, 4) is 22.5 Å². The van der Waals surface area contributed by atoms with Gasteiger partial charge in [0.1, 0.15) is 22.6 Å². The molecule has 0 fully saturated rings. The minimum Gasteiger partial charge on any atom is -0.870 e. The maximum atomic E-state index is 11.6. The first-order valence-electron chi connectivity index (χ1n) is 21.6. The average Bonchev–Trinajstić information content (AvgIpc) is 3.92. The summed E-state index contributed by atoms with van der Waals surface area (Å²) in [7, 11) is 14.8. The van der Waals surface area contributed by atoms with Gasteiger partial charge in [-0.2, -0.15) is 0 Å². The van der Waals surface area contributed by atoms with Crippen LogP contribution in [0.1, 0.15) is 73.5 Å². The van der Waals surface area contributed by atoms with Gasteiger partial charge in [-0.3, -0.25) is 9.59 Å². The van der Waals surface area contributed by atoms with Gasteiger partial charge in [0.05, 0.1) is 35.3 Å². The van der Waals surface area contributed by atoms with Gasteiger partial charge in [-0.25, -0.2) is 74.4 Å². The molecule has 35 heteroatoms. The van der Waals surface area contributed by atoms with Crippen molar-refractivity contribution < 1.29 is 62.9 Å². The number of thiazole rings is 2. The van der Waals surface area contributed by atoms with Crippen molar-refractivity contribution >= 4 is 265 Å². The first kappa shape index (κ1) is 86.2. The number of ether oxygens (including phenoxy) is 2. The Labute approximate surface area is 590 Å². The molecule has 0 amide bonds. The number of nitrogens with two attached hydrogens (primary N) is 1. The molecule has 0 saturated carbocycles. The quantitative estimate of drug-likeness (QED) is 0.0195. The summed E-state index contributed by atoms with van der Waals surface area (Å²) in [5, 5.41) is 17.5. The predicted molar refractivity (Wildman–Crippen MR) is 372 cm³/mol. The van der Waals surface area contributed by atoms with Crippen LogP contribution in [0.3, 0.4) is 0 Å². The molecule has 20 nitrogen and oxygen atoms in total. The number of aromatic nitrogens is 10. The second-order valence-corrected chi connectivity index (χ2v) is 28.6. The molecule has 0 saturated heterocycles. The van der Waals surface area contributed by atoms with E-state index in [0.717, 1.165) is 90.2 Å². The van der Waals surface area contributed by atoms with E-state index in [1.54, 1.807) is 56.4 Å². The number of rotatable bonds is 9. The van der Waals surface area contributed by atoms with E-state index in [9.17, 15) is 24.0 Å². The Bertz CT molecular complexity index is 3710. The summed E-state index contributed by atoms with van der Waals surface area (Å²) in [6.45, 7) is 4.12. The Balaban J connectivity index is -0.000000962. The number of halogens is 10. The third-order valence-electron chi connectivity index (χ3n) is 9.06. The summed E-state index contributed by atoms with van der Waals surface area (Å²) >= 11 is 27.1. The van der Waals surface area contributed by atoms with E-state index < -0.39 is 23.3 Å². The van der Waals surface area contributed by atoms with Gasteiger partial charge in [0.25, 0.3) is 0 Å². The number of carbonyl (C=O) groups is 5. The first-order valence-corrected chi connectivity index (χ1v) is 35.2. The van der Waals surface area contributed by atoms with E-state index in [0.29, 0.717) is 40.1 Å². The van der Waals surface area contributed by atoms with Crippen LogP contribution in [-0.2, 0) is 19.1 Å². The van der Waals surface area contributed by atoms with Crippen molar-refractivity contribution in [2.45, 2.75) is 43.6 Å². The summed E-state index contributed by atoms with van der Waals surface area (Å²) < 4.78 is 13.0. The molecule has 0 aromatic carbocycles. The zero-order valence-corrected chi connectivity index (χ0v) is 58.6. The molecule has 8 N–H and O–H groups in total. The van der Waals surface area contributed by atoms with Crippen molar-refractivity contribution in [3.05, 3.63) is 124 Å². The molecule has 454 valence electrons. The molecule has 10 rings (SSSR count). The minimum atomic E-state index is -1.72. The Kier molecular flexibility index (Phi) is 45.0. The molecule has 10 heterocycles. The number of hydrogen-bond acceptors (Lipinski definition) is 17. The number of aromatic amines is 4. The number of H-pyrrole nitrogens is 4. The number of nitrogens with zero attached hydrogens (tertiary/aromatic N) is 6. The number of carbonyl (C=O) groups excluding carboxylic acids is 4. The largest absolute Gasteiger partial charge is 1.00 e.